The Hall–Kier alpha value is -1.36. The molecule has 0 fully saturated rings. The maximum atomic E-state index is 5.55. The zero-order valence-corrected chi connectivity index (χ0v) is 11.2. The third-order valence-electron chi connectivity index (χ3n) is 1.92. The molecule has 0 aliphatic carbocycles. The van der Waals surface area contributed by atoms with Crippen LogP contribution in [-0.2, 0) is 4.74 Å². The van der Waals surface area contributed by atoms with Crippen molar-refractivity contribution in [3.05, 3.63) is 11.8 Å². The number of aryl methyl sites for hydroxylation is 1. The Morgan fingerprint density at radius 3 is 2.53 bits per heavy atom. The van der Waals surface area contributed by atoms with Gasteiger partial charge in [-0.3, -0.25) is 0 Å². The normalized spacial score (nSPS) is 11.4. The Labute approximate surface area is 103 Å². The van der Waals surface area contributed by atoms with Crippen molar-refractivity contribution in [2.75, 3.05) is 25.6 Å². The predicted octanol–water partition coefficient (Wildman–Crippen LogP) is 2.02. The largest absolute Gasteiger partial charge is 0.475 e. The molecule has 5 nitrogen and oxygen atoms in total. The Kier molecular flexibility index (Phi) is 4.69. The van der Waals surface area contributed by atoms with Gasteiger partial charge in [0.15, 0.2) is 0 Å². The van der Waals surface area contributed by atoms with Crippen LogP contribution in [0.5, 0.6) is 5.88 Å². The number of aromatic nitrogens is 2. The molecule has 17 heavy (non-hydrogen) atoms. The monoisotopic (exact) mass is 239 g/mol. The van der Waals surface area contributed by atoms with Crippen LogP contribution in [0.2, 0.25) is 0 Å². The maximum Gasteiger partial charge on any atom is 0.225 e. The third kappa shape index (κ3) is 5.49. The minimum atomic E-state index is -0.138. The van der Waals surface area contributed by atoms with Gasteiger partial charge in [-0.05, 0) is 27.7 Å². The van der Waals surface area contributed by atoms with Crippen molar-refractivity contribution in [1.29, 1.82) is 0 Å². The van der Waals surface area contributed by atoms with Gasteiger partial charge in [0.25, 0.3) is 0 Å². The minimum absolute atomic E-state index is 0.138. The van der Waals surface area contributed by atoms with Crippen LogP contribution in [0.4, 0.5) is 5.95 Å². The van der Waals surface area contributed by atoms with Gasteiger partial charge in [-0.2, -0.15) is 4.98 Å². The topological polar surface area (TPSA) is 56.3 Å². The second-order valence-corrected chi connectivity index (χ2v) is 4.73. The van der Waals surface area contributed by atoms with Crippen LogP contribution in [0.15, 0.2) is 6.07 Å². The van der Waals surface area contributed by atoms with Gasteiger partial charge in [-0.25, -0.2) is 4.98 Å². The van der Waals surface area contributed by atoms with E-state index in [0.29, 0.717) is 25.0 Å². The van der Waals surface area contributed by atoms with Gasteiger partial charge in [0.1, 0.15) is 6.61 Å². The van der Waals surface area contributed by atoms with Crippen LogP contribution in [0.1, 0.15) is 26.5 Å². The molecule has 0 saturated heterocycles. The molecule has 1 heterocycles. The molecule has 0 aromatic carbocycles. The van der Waals surface area contributed by atoms with Gasteiger partial charge >= 0.3 is 0 Å². The number of hydrogen-bond acceptors (Lipinski definition) is 5. The van der Waals surface area contributed by atoms with E-state index < -0.39 is 0 Å². The summed E-state index contributed by atoms with van der Waals surface area (Å²) in [6, 6.07) is 1.80. The summed E-state index contributed by atoms with van der Waals surface area (Å²) in [6.07, 6.45) is 0. The van der Waals surface area contributed by atoms with Crippen molar-refractivity contribution in [1.82, 2.24) is 9.97 Å². The van der Waals surface area contributed by atoms with Crippen molar-refractivity contribution < 1.29 is 9.47 Å². The highest BCUT2D eigenvalue weighted by atomic mass is 16.5. The standard InChI is InChI=1S/C12H21N3O2/c1-9-8-10(15-11(13-5)14-9)16-6-7-17-12(2,3)4/h8H,6-7H2,1-5H3,(H,13,14,15). The average molecular weight is 239 g/mol. The van der Waals surface area contributed by atoms with Crippen LogP contribution in [0.25, 0.3) is 0 Å². The lowest BCUT2D eigenvalue weighted by atomic mass is 10.2. The molecule has 0 amide bonds. The van der Waals surface area contributed by atoms with E-state index in [0.717, 1.165) is 5.69 Å². The first kappa shape index (κ1) is 13.7. The number of anilines is 1. The van der Waals surface area contributed by atoms with Gasteiger partial charge in [-0.15, -0.1) is 0 Å². The number of hydrogen-bond donors (Lipinski definition) is 1. The van der Waals surface area contributed by atoms with Crippen LogP contribution in [-0.4, -0.2) is 35.8 Å². The summed E-state index contributed by atoms with van der Waals surface area (Å²) < 4.78 is 11.1. The lowest BCUT2D eigenvalue weighted by Crippen LogP contribution is -2.22. The SMILES string of the molecule is CNc1nc(C)cc(OCCOC(C)(C)C)n1. The van der Waals surface area contributed by atoms with Gasteiger partial charge in [0.05, 0.1) is 12.2 Å². The fourth-order valence-electron chi connectivity index (χ4n) is 1.22. The van der Waals surface area contributed by atoms with E-state index in [2.05, 4.69) is 15.3 Å². The van der Waals surface area contributed by atoms with Crippen LogP contribution in [0.3, 0.4) is 0 Å². The number of nitrogens with zero attached hydrogens (tertiary/aromatic N) is 2. The van der Waals surface area contributed by atoms with Crippen molar-refractivity contribution in [2.45, 2.75) is 33.3 Å². The lowest BCUT2D eigenvalue weighted by molar-refractivity contribution is -0.0168. The summed E-state index contributed by atoms with van der Waals surface area (Å²) >= 11 is 0. The van der Waals surface area contributed by atoms with Crippen LogP contribution < -0.4 is 10.1 Å². The van der Waals surface area contributed by atoms with Crippen LogP contribution in [0, 0.1) is 6.92 Å². The van der Waals surface area contributed by atoms with E-state index in [1.165, 1.54) is 0 Å². The second-order valence-electron chi connectivity index (χ2n) is 4.73. The minimum Gasteiger partial charge on any atom is -0.475 e. The summed E-state index contributed by atoms with van der Waals surface area (Å²) in [7, 11) is 1.78. The highest BCUT2D eigenvalue weighted by Gasteiger charge is 2.09. The Balaban J connectivity index is 2.44. The molecule has 0 aliphatic heterocycles. The summed E-state index contributed by atoms with van der Waals surface area (Å²) in [4.78, 5) is 8.37. The number of ether oxygens (including phenoxy) is 2. The van der Waals surface area contributed by atoms with Crippen molar-refractivity contribution in [3.8, 4) is 5.88 Å². The van der Waals surface area contributed by atoms with E-state index in [1.807, 2.05) is 27.7 Å². The molecule has 1 rings (SSSR count). The van der Waals surface area contributed by atoms with E-state index in [-0.39, 0.29) is 5.60 Å². The van der Waals surface area contributed by atoms with Gasteiger partial charge in [0.2, 0.25) is 11.8 Å². The van der Waals surface area contributed by atoms with Gasteiger partial charge in [-0.1, -0.05) is 0 Å². The first-order valence-corrected chi connectivity index (χ1v) is 5.71. The summed E-state index contributed by atoms with van der Waals surface area (Å²) in [6.45, 7) is 8.97. The zero-order chi connectivity index (χ0) is 12.9. The van der Waals surface area contributed by atoms with E-state index in [1.54, 1.807) is 13.1 Å². The first-order chi connectivity index (χ1) is 7.90. The number of rotatable bonds is 5. The van der Waals surface area contributed by atoms with Crippen LogP contribution >= 0.6 is 0 Å². The summed E-state index contributed by atoms with van der Waals surface area (Å²) in [5.74, 6) is 1.14. The molecule has 1 N–H and O–H groups in total. The molecule has 0 saturated carbocycles. The highest BCUT2D eigenvalue weighted by Crippen LogP contribution is 2.12. The molecule has 0 unspecified atom stereocenters. The molecular weight excluding hydrogens is 218 g/mol. The van der Waals surface area contributed by atoms with Gasteiger partial charge < -0.3 is 14.8 Å². The van der Waals surface area contributed by atoms with Crippen molar-refractivity contribution in [2.24, 2.45) is 0 Å². The molecule has 5 heteroatoms. The van der Waals surface area contributed by atoms with Gasteiger partial charge in [0, 0.05) is 18.8 Å². The molecular formula is C12H21N3O2. The fraction of sp³-hybridized carbons (Fsp3) is 0.667. The predicted molar refractivity (Wildman–Crippen MR) is 67.5 cm³/mol. The fourth-order valence-corrected chi connectivity index (χ4v) is 1.22. The Bertz CT molecular complexity index is 361. The van der Waals surface area contributed by atoms with Crippen molar-refractivity contribution in [3.63, 3.8) is 0 Å². The molecule has 0 aliphatic rings. The molecule has 96 valence electrons. The molecule has 0 bridgehead atoms. The smallest absolute Gasteiger partial charge is 0.225 e. The molecule has 1 aromatic heterocycles. The number of nitrogens with one attached hydrogen (secondary N) is 1. The second kappa shape index (κ2) is 5.82. The van der Waals surface area contributed by atoms with E-state index in [4.69, 9.17) is 9.47 Å². The average Bonchev–Trinajstić information content (AvgIpc) is 2.22. The Morgan fingerprint density at radius 2 is 1.94 bits per heavy atom. The molecule has 0 radical (unpaired) electrons. The van der Waals surface area contributed by atoms with E-state index >= 15 is 0 Å². The summed E-state index contributed by atoms with van der Waals surface area (Å²) in [5.41, 5.74) is 0.734. The molecule has 1 aromatic rings. The quantitative estimate of drug-likeness (QED) is 0.797. The van der Waals surface area contributed by atoms with Crippen molar-refractivity contribution >= 4 is 5.95 Å². The molecule has 0 spiro atoms. The van der Waals surface area contributed by atoms with E-state index in [9.17, 15) is 0 Å². The first-order valence-electron chi connectivity index (χ1n) is 5.71. The Morgan fingerprint density at radius 1 is 1.24 bits per heavy atom. The molecule has 0 atom stereocenters. The zero-order valence-electron chi connectivity index (χ0n) is 11.2. The maximum absolute atomic E-state index is 5.55. The summed E-state index contributed by atoms with van der Waals surface area (Å²) in [5, 5.41) is 2.89. The lowest BCUT2D eigenvalue weighted by Gasteiger charge is -2.19. The highest BCUT2D eigenvalue weighted by molar-refractivity contribution is 5.29. The third-order valence-corrected chi connectivity index (χ3v) is 1.92.